The highest BCUT2D eigenvalue weighted by Gasteiger charge is 2.37. The van der Waals surface area contributed by atoms with E-state index in [0.717, 1.165) is 67.1 Å². The van der Waals surface area contributed by atoms with Gasteiger partial charge in [0.25, 0.3) is 5.88 Å². The second kappa shape index (κ2) is 24.2. The summed E-state index contributed by atoms with van der Waals surface area (Å²) in [6, 6.07) is 5.36. The summed E-state index contributed by atoms with van der Waals surface area (Å²) in [5, 5.41) is 28.3. The Kier molecular flexibility index (Phi) is 17.4. The molecule has 8 rings (SSSR count). The summed E-state index contributed by atoms with van der Waals surface area (Å²) in [5.74, 6) is 3.26. The summed E-state index contributed by atoms with van der Waals surface area (Å²) in [5.41, 5.74) is 3.78. The van der Waals surface area contributed by atoms with Gasteiger partial charge in [0.05, 0.1) is 84.6 Å². The van der Waals surface area contributed by atoms with Gasteiger partial charge in [0.15, 0.2) is 22.6 Å². The van der Waals surface area contributed by atoms with Gasteiger partial charge in [-0.05, 0) is 58.4 Å². The maximum Gasteiger partial charge on any atom is 0.408 e. The molecule has 0 spiro atoms. The highest BCUT2D eigenvalue weighted by Crippen LogP contribution is 2.32. The third-order valence-corrected chi connectivity index (χ3v) is 12.2. The predicted octanol–water partition coefficient (Wildman–Crippen LogP) is 4.85. The van der Waals surface area contributed by atoms with Crippen LogP contribution in [0.5, 0.6) is 11.8 Å². The summed E-state index contributed by atoms with van der Waals surface area (Å²) < 4.78 is 54.4. The summed E-state index contributed by atoms with van der Waals surface area (Å²) in [6.45, 7) is 12.2. The number of imidazole rings is 1. The molecule has 0 aliphatic carbocycles. The lowest BCUT2D eigenvalue weighted by atomic mass is 9.99. The fourth-order valence-corrected chi connectivity index (χ4v) is 8.60. The number of aryl methyl sites for hydroxylation is 2. The van der Waals surface area contributed by atoms with Gasteiger partial charge in [-0.1, -0.05) is 13.0 Å². The van der Waals surface area contributed by atoms with Crippen molar-refractivity contribution in [2.45, 2.75) is 96.7 Å². The molecule has 0 radical (unpaired) electrons. The molecule has 72 heavy (non-hydrogen) atoms. The Morgan fingerprint density at radius 1 is 0.958 bits per heavy atom. The smallest absolute Gasteiger partial charge is 0.408 e. The molecule has 23 nitrogen and oxygen atoms in total. The van der Waals surface area contributed by atoms with Crippen LogP contribution in [0.4, 0.5) is 38.3 Å². The molecule has 2 fully saturated rings. The van der Waals surface area contributed by atoms with Gasteiger partial charge in [-0.2, -0.15) is 19.6 Å². The molecule has 2 aliphatic heterocycles. The minimum absolute atomic E-state index is 0.0189. The molecule has 390 valence electrons. The van der Waals surface area contributed by atoms with Crippen molar-refractivity contribution in [3.05, 3.63) is 54.2 Å². The molecular weight excluding hydrogens is 934 g/mol. The number of hydrogen-bond acceptors (Lipinski definition) is 19. The number of alkyl halides is 1. The van der Waals surface area contributed by atoms with Gasteiger partial charge in [0.2, 0.25) is 11.8 Å². The van der Waals surface area contributed by atoms with Crippen LogP contribution in [-0.4, -0.2) is 164 Å². The van der Waals surface area contributed by atoms with Crippen LogP contribution in [0.15, 0.2) is 43.1 Å². The van der Waals surface area contributed by atoms with Gasteiger partial charge < -0.3 is 63.8 Å². The zero-order valence-electron chi connectivity index (χ0n) is 42.1. The number of halogens is 1. The molecule has 3 atom stereocenters. The normalized spacial score (nSPS) is 17.2. The van der Waals surface area contributed by atoms with Crippen LogP contribution in [0, 0.1) is 0 Å². The number of rotatable bonds is 25. The van der Waals surface area contributed by atoms with E-state index >= 15 is 4.39 Å². The predicted molar refractivity (Wildman–Crippen MR) is 267 cm³/mol. The molecule has 6 aromatic heterocycles. The van der Waals surface area contributed by atoms with Gasteiger partial charge >= 0.3 is 6.09 Å². The number of piperidine rings is 1. The van der Waals surface area contributed by atoms with E-state index in [1.165, 1.54) is 7.11 Å². The molecule has 4 N–H and O–H groups in total. The number of nitrogens with zero attached hydrogens (tertiary/aromatic N) is 12. The van der Waals surface area contributed by atoms with E-state index in [-0.39, 0.29) is 31.7 Å². The Balaban J connectivity index is 0.716. The number of alkyl carbamates (subject to hydrolysis) is 1. The first-order chi connectivity index (χ1) is 34.9. The number of aliphatic hydroxyl groups excluding tert-OH is 1. The standard InChI is InChI=1S/C48H68FN15O8/c1-7-33-27-53-64-38(24-39(56-43(33)64)63-14-9-8-10-34(63)13-16-65)50-25-32-11-12-40(51-26-32)71-23-22-70-21-20-69-19-18-68-17-15-62-30-37(45(59-62)67-6)54-42-41-44(60(5)31-52-41)58-46(57-42)61-28-35(49)36(29-61)55-47(66)72-48(2,3)4/h11-12,24,26-27,30-31,34-36,50,65H,7-10,13-23,25,28-29H2,1-6H3,(H,55,66)(H,54,57,58)/t34-,35+,36+/m0/s1. The number of amides is 1. The SMILES string of the molecule is CCc1cnn2c(NCc3ccc(OCCOCCOCCOCCn4cc(Nc5nc(N6C[C@@H](F)[C@H](NC(=O)OC(C)(C)C)C6)nc6c5ncn6C)c(OC)n4)nc3)cc(N3CCCC[C@H]3CCO)nc12. The number of aliphatic hydroxyl groups is 1. The molecule has 0 bridgehead atoms. The fourth-order valence-electron chi connectivity index (χ4n) is 8.60. The molecule has 2 aliphatic rings. The maximum absolute atomic E-state index is 15.2. The van der Waals surface area contributed by atoms with Crippen LogP contribution in [0.25, 0.3) is 16.8 Å². The van der Waals surface area contributed by atoms with Crippen molar-refractivity contribution in [3.63, 3.8) is 0 Å². The van der Waals surface area contributed by atoms with E-state index < -0.39 is 23.9 Å². The highest BCUT2D eigenvalue weighted by atomic mass is 19.1. The zero-order chi connectivity index (χ0) is 50.6. The van der Waals surface area contributed by atoms with Crippen LogP contribution in [-0.2, 0) is 45.5 Å². The molecule has 2 saturated heterocycles. The van der Waals surface area contributed by atoms with Crippen molar-refractivity contribution in [3.8, 4) is 11.8 Å². The molecule has 8 heterocycles. The largest absolute Gasteiger partial charge is 0.478 e. The van der Waals surface area contributed by atoms with Crippen LogP contribution in [0.2, 0.25) is 0 Å². The number of carbonyl (C=O) groups is 1. The van der Waals surface area contributed by atoms with Crippen molar-refractivity contribution in [1.82, 2.24) is 54.2 Å². The highest BCUT2D eigenvalue weighted by molar-refractivity contribution is 5.87. The van der Waals surface area contributed by atoms with Gasteiger partial charge in [0, 0.05) is 63.2 Å². The van der Waals surface area contributed by atoms with E-state index in [9.17, 15) is 9.90 Å². The number of methoxy groups -OCH3 is 1. The third-order valence-electron chi connectivity index (χ3n) is 12.2. The van der Waals surface area contributed by atoms with Gasteiger partial charge in [0.1, 0.15) is 35.7 Å². The summed E-state index contributed by atoms with van der Waals surface area (Å²) >= 11 is 0. The lowest BCUT2D eigenvalue weighted by Crippen LogP contribution is -2.44. The van der Waals surface area contributed by atoms with E-state index in [4.69, 9.17) is 38.4 Å². The van der Waals surface area contributed by atoms with Crippen molar-refractivity contribution in [2.24, 2.45) is 7.05 Å². The number of aromatic nitrogens is 10. The Morgan fingerprint density at radius 2 is 1.75 bits per heavy atom. The fraction of sp³-hybridized carbons (Fsp3) is 0.583. The van der Waals surface area contributed by atoms with Crippen molar-refractivity contribution in [1.29, 1.82) is 0 Å². The number of hydrogen-bond donors (Lipinski definition) is 4. The molecule has 0 saturated carbocycles. The Hall–Kier alpha value is -6.63. The van der Waals surface area contributed by atoms with Crippen LogP contribution in [0.1, 0.15) is 64.5 Å². The molecule has 1 amide bonds. The quantitative estimate of drug-likeness (QED) is 0.0561. The number of anilines is 5. The second-order valence-electron chi connectivity index (χ2n) is 18.7. The molecule has 0 aromatic carbocycles. The lowest BCUT2D eigenvalue weighted by Gasteiger charge is -2.36. The minimum atomic E-state index is -1.36. The number of ether oxygens (including phenoxy) is 6. The summed E-state index contributed by atoms with van der Waals surface area (Å²) in [4.78, 5) is 39.8. The van der Waals surface area contributed by atoms with Crippen LogP contribution < -0.4 is 35.2 Å². The molecule has 24 heteroatoms. The van der Waals surface area contributed by atoms with E-state index in [1.54, 1.807) is 53.6 Å². The lowest BCUT2D eigenvalue weighted by molar-refractivity contribution is 0.00762. The molecule has 6 aromatic rings. The van der Waals surface area contributed by atoms with E-state index in [0.29, 0.717) is 93.8 Å². The monoisotopic (exact) mass is 1000 g/mol. The minimum Gasteiger partial charge on any atom is -0.478 e. The van der Waals surface area contributed by atoms with Crippen molar-refractivity contribution in [2.75, 3.05) is 100 Å². The Bertz CT molecular complexity index is 2690. The number of pyridine rings is 1. The van der Waals surface area contributed by atoms with Gasteiger partial charge in [-0.15, -0.1) is 5.10 Å². The third kappa shape index (κ3) is 13.3. The molecular formula is C48H68FN15O8. The van der Waals surface area contributed by atoms with Gasteiger partial charge in [-0.3, -0.25) is 4.68 Å². The first kappa shape index (κ1) is 51.7. The van der Waals surface area contributed by atoms with Crippen LogP contribution in [0.3, 0.4) is 0 Å². The number of carbonyl (C=O) groups excluding carboxylic acids is 1. The topological polar surface area (TPSA) is 240 Å². The average Bonchev–Trinajstić information content (AvgIpc) is 4.16. The Morgan fingerprint density at radius 3 is 2.49 bits per heavy atom. The van der Waals surface area contributed by atoms with Crippen molar-refractivity contribution < 1.29 is 42.7 Å². The zero-order valence-corrected chi connectivity index (χ0v) is 42.1. The van der Waals surface area contributed by atoms with Gasteiger partial charge in [-0.25, -0.2) is 24.1 Å². The van der Waals surface area contributed by atoms with E-state index in [1.807, 2.05) is 29.9 Å². The maximum atomic E-state index is 15.2. The summed E-state index contributed by atoms with van der Waals surface area (Å²) in [6.07, 6.45) is 9.90. The number of fused-ring (bicyclic) bond motifs is 2. The first-order valence-corrected chi connectivity index (χ1v) is 24.7. The second-order valence-corrected chi connectivity index (χ2v) is 18.7. The van der Waals surface area contributed by atoms with Crippen LogP contribution >= 0.6 is 0 Å². The average molecular weight is 1000 g/mol. The number of nitrogens with one attached hydrogen (secondary N) is 3. The molecule has 0 unspecified atom stereocenters. The van der Waals surface area contributed by atoms with Crippen molar-refractivity contribution >= 4 is 52.0 Å². The van der Waals surface area contributed by atoms with E-state index in [2.05, 4.69) is 59.0 Å². The summed E-state index contributed by atoms with van der Waals surface area (Å²) in [7, 11) is 3.33. The first-order valence-electron chi connectivity index (χ1n) is 24.7. The Labute approximate surface area is 417 Å².